The number of hydrogen-bond donors (Lipinski definition) is 1. The van der Waals surface area contributed by atoms with E-state index in [9.17, 15) is 8.42 Å². The summed E-state index contributed by atoms with van der Waals surface area (Å²) >= 11 is 5.75. The second-order valence-electron chi connectivity index (χ2n) is 4.84. The van der Waals surface area contributed by atoms with Gasteiger partial charge in [0.05, 0.1) is 4.90 Å². The Balaban J connectivity index is 2.22. The van der Waals surface area contributed by atoms with Gasteiger partial charge in [-0.2, -0.15) is 0 Å². The van der Waals surface area contributed by atoms with Crippen LogP contribution in [0, 0.1) is 0 Å². The first kappa shape index (κ1) is 14.9. The van der Waals surface area contributed by atoms with Gasteiger partial charge in [-0.3, -0.25) is 4.72 Å². The Labute approximate surface area is 124 Å². The molecule has 0 saturated heterocycles. The molecule has 0 spiro atoms. The summed E-state index contributed by atoms with van der Waals surface area (Å²) < 4.78 is 26.9. The van der Waals surface area contributed by atoms with Gasteiger partial charge >= 0.3 is 0 Å². The summed E-state index contributed by atoms with van der Waals surface area (Å²) in [5.74, 6) is 0.414. The summed E-state index contributed by atoms with van der Waals surface area (Å²) in [6.45, 7) is 4.18. The largest absolute Gasteiger partial charge is 0.280 e. The van der Waals surface area contributed by atoms with Crippen LogP contribution in [0.25, 0.3) is 0 Å². The number of nitrogens with one attached hydrogen (secondary N) is 1. The zero-order valence-corrected chi connectivity index (χ0v) is 12.9. The van der Waals surface area contributed by atoms with E-state index >= 15 is 0 Å². The first-order chi connectivity index (χ1) is 9.38. The Morgan fingerprint density at radius 2 is 1.50 bits per heavy atom. The molecule has 0 saturated carbocycles. The van der Waals surface area contributed by atoms with Crippen molar-refractivity contribution in [2.24, 2.45) is 0 Å². The molecule has 5 heteroatoms. The van der Waals surface area contributed by atoms with Crippen molar-refractivity contribution in [3.8, 4) is 0 Å². The minimum absolute atomic E-state index is 0.190. The molecule has 2 aromatic rings. The van der Waals surface area contributed by atoms with Crippen molar-refractivity contribution in [1.29, 1.82) is 0 Å². The number of anilines is 1. The van der Waals surface area contributed by atoms with Crippen molar-refractivity contribution >= 4 is 27.3 Å². The predicted molar refractivity (Wildman–Crippen MR) is 82.8 cm³/mol. The molecule has 1 N–H and O–H groups in total. The van der Waals surface area contributed by atoms with Gasteiger partial charge in [-0.25, -0.2) is 8.42 Å². The van der Waals surface area contributed by atoms with Crippen LogP contribution in [-0.4, -0.2) is 8.42 Å². The maximum Gasteiger partial charge on any atom is 0.261 e. The van der Waals surface area contributed by atoms with Crippen LogP contribution in [0.15, 0.2) is 53.4 Å². The smallest absolute Gasteiger partial charge is 0.261 e. The van der Waals surface area contributed by atoms with Gasteiger partial charge < -0.3 is 0 Å². The Hall–Kier alpha value is -1.52. The van der Waals surface area contributed by atoms with Crippen molar-refractivity contribution < 1.29 is 8.42 Å². The molecular weight excluding hydrogens is 294 g/mol. The average molecular weight is 310 g/mol. The molecule has 0 aromatic heterocycles. The summed E-state index contributed by atoms with van der Waals surface area (Å²) in [4.78, 5) is 0.190. The molecule has 2 rings (SSSR count). The predicted octanol–water partition coefficient (Wildman–Crippen LogP) is 4.26. The number of benzene rings is 2. The van der Waals surface area contributed by atoms with Gasteiger partial charge in [-0.05, 0) is 47.9 Å². The van der Waals surface area contributed by atoms with E-state index < -0.39 is 10.0 Å². The molecule has 0 amide bonds. The molecule has 2 aromatic carbocycles. The summed E-state index contributed by atoms with van der Waals surface area (Å²) in [5, 5.41) is 0.505. The van der Waals surface area contributed by atoms with Gasteiger partial charge in [-0.1, -0.05) is 37.6 Å². The third kappa shape index (κ3) is 3.52. The Bertz CT molecular complexity index is 677. The highest BCUT2D eigenvalue weighted by atomic mass is 35.5. The summed E-state index contributed by atoms with van der Waals surface area (Å²) in [5.41, 5.74) is 1.71. The SMILES string of the molecule is CC(C)c1ccc(NS(=O)(=O)c2ccc(Cl)cc2)cc1. The van der Waals surface area contributed by atoms with E-state index in [0.29, 0.717) is 16.6 Å². The number of halogens is 1. The fourth-order valence-electron chi connectivity index (χ4n) is 1.76. The molecule has 0 bridgehead atoms. The number of sulfonamides is 1. The number of rotatable bonds is 4. The van der Waals surface area contributed by atoms with E-state index in [1.807, 2.05) is 12.1 Å². The van der Waals surface area contributed by atoms with Crippen molar-refractivity contribution in [1.82, 2.24) is 0 Å². The van der Waals surface area contributed by atoms with Gasteiger partial charge in [-0.15, -0.1) is 0 Å². The molecule has 106 valence electrons. The Kier molecular flexibility index (Phi) is 4.35. The van der Waals surface area contributed by atoms with Crippen molar-refractivity contribution in [3.63, 3.8) is 0 Å². The molecule has 0 aliphatic rings. The zero-order chi connectivity index (χ0) is 14.8. The quantitative estimate of drug-likeness (QED) is 0.917. The van der Waals surface area contributed by atoms with Gasteiger partial charge in [0, 0.05) is 10.7 Å². The van der Waals surface area contributed by atoms with E-state index in [4.69, 9.17) is 11.6 Å². The molecule has 3 nitrogen and oxygen atoms in total. The van der Waals surface area contributed by atoms with Crippen LogP contribution in [-0.2, 0) is 10.0 Å². The maximum atomic E-state index is 12.2. The fraction of sp³-hybridized carbons (Fsp3) is 0.200. The monoisotopic (exact) mass is 309 g/mol. The van der Waals surface area contributed by atoms with Crippen LogP contribution in [0.5, 0.6) is 0 Å². The van der Waals surface area contributed by atoms with E-state index in [0.717, 1.165) is 0 Å². The summed E-state index contributed by atoms with van der Waals surface area (Å²) in [7, 11) is -3.57. The van der Waals surface area contributed by atoms with Crippen molar-refractivity contribution in [3.05, 3.63) is 59.1 Å². The second-order valence-corrected chi connectivity index (χ2v) is 6.95. The van der Waals surface area contributed by atoms with Crippen LogP contribution >= 0.6 is 11.6 Å². The normalized spacial score (nSPS) is 11.6. The third-order valence-corrected chi connectivity index (χ3v) is 4.60. The molecule has 0 aliphatic carbocycles. The van der Waals surface area contributed by atoms with Crippen molar-refractivity contribution in [2.75, 3.05) is 4.72 Å². The topological polar surface area (TPSA) is 46.2 Å². The average Bonchev–Trinajstić information content (AvgIpc) is 2.39. The van der Waals surface area contributed by atoms with Gasteiger partial charge in [0.15, 0.2) is 0 Å². The van der Waals surface area contributed by atoms with Crippen LogP contribution < -0.4 is 4.72 Å². The van der Waals surface area contributed by atoms with Crippen molar-refractivity contribution in [2.45, 2.75) is 24.7 Å². The van der Waals surface area contributed by atoms with Crippen LogP contribution in [0.2, 0.25) is 5.02 Å². The molecule has 0 heterocycles. The summed E-state index contributed by atoms with van der Waals surface area (Å²) in [6.07, 6.45) is 0. The molecule has 0 aliphatic heterocycles. The molecule has 0 unspecified atom stereocenters. The minimum atomic E-state index is -3.57. The van der Waals surface area contributed by atoms with Gasteiger partial charge in [0.2, 0.25) is 0 Å². The van der Waals surface area contributed by atoms with Crippen LogP contribution in [0.1, 0.15) is 25.3 Å². The van der Waals surface area contributed by atoms with E-state index in [1.165, 1.54) is 17.7 Å². The first-order valence-electron chi connectivity index (χ1n) is 6.27. The first-order valence-corrected chi connectivity index (χ1v) is 8.13. The highest BCUT2D eigenvalue weighted by Gasteiger charge is 2.13. The lowest BCUT2D eigenvalue weighted by Gasteiger charge is -2.10. The number of hydrogen-bond acceptors (Lipinski definition) is 2. The van der Waals surface area contributed by atoms with E-state index in [2.05, 4.69) is 18.6 Å². The lowest BCUT2D eigenvalue weighted by molar-refractivity contribution is 0.601. The standard InChI is InChI=1S/C15H16ClNO2S/c1-11(2)12-3-7-14(8-4-12)17-20(18,19)15-9-5-13(16)6-10-15/h3-11,17H,1-2H3. The van der Waals surface area contributed by atoms with Crippen LogP contribution in [0.3, 0.4) is 0 Å². The van der Waals surface area contributed by atoms with E-state index in [-0.39, 0.29) is 4.90 Å². The fourth-order valence-corrected chi connectivity index (χ4v) is 2.95. The maximum absolute atomic E-state index is 12.2. The zero-order valence-electron chi connectivity index (χ0n) is 11.3. The van der Waals surface area contributed by atoms with Gasteiger partial charge in [0.25, 0.3) is 10.0 Å². The summed E-state index contributed by atoms with van der Waals surface area (Å²) in [6, 6.07) is 13.4. The Morgan fingerprint density at radius 1 is 0.950 bits per heavy atom. The molecule has 20 heavy (non-hydrogen) atoms. The minimum Gasteiger partial charge on any atom is -0.280 e. The molecular formula is C15H16ClNO2S. The van der Waals surface area contributed by atoms with Crippen LogP contribution in [0.4, 0.5) is 5.69 Å². The lowest BCUT2D eigenvalue weighted by Crippen LogP contribution is -2.12. The lowest BCUT2D eigenvalue weighted by atomic mass is 10.0. The van der Waals surface area contributed by atoms with Gasteiger partial charge in [0.1, 0.15) is 0 Å². The van der Waals surface area contributed by atoms with E-state index in [1.54, 1.807) is 24.3 Å². The Morgan fingerprint density at radius 3 is 2.00 bits per heavy atom. The highest BCUT2D eigenvalue weighted by Crippen LogP contribution is 2.21. The second kappa shape index (κ2) is 5.85. The molecule has 0 atom stereocenters. The molecule has 0 radical (unpaired) electrons. The third-order valence-electron chi connectivity index (χ3n) is 2.95. The molecule has 0 fully saturated rings. The highest BCUT2D eigenvalue weighted by molar-refractivity contribution is 7.92.